The Labute approximate surface area is 107 Å². The Bertz CT molecular complexity index is 362. The topological polar surface area (TPSA) is 51.2 Å². The third-order valence-electron chi connectivity index (χ3n) is 1.86. The molecule has 0 aliphatic carbocycles. The molecule has 0 spiro atoms. The lowest BCUT2D eigenvalue weighted by Gasteiger charge is -2.14. The van der Waals surface area contributed by atoms with Crippen molar-refractivity contribution in [3.8, 4) is 0 Å². The highest BCUT2D eigenvalue weighted by Crippen LogP contribution is 2.13. The molecule has 0 fully saturated rings. The number of alkyl halides is 1. The van der Waals surface area contributed by atoms with Crippen molar-refractivity contribution >= 4 is 33.4 Å². The number of ether oxygens (including phenoxy) is 1. The van der Waals surface area contributed by atoms with E-state index in [9.17, 15) is 4.79 Å². The number of methoxy groups -OCH3 is 1. The minimum Gasteiger partial charge on any atom is -0.383 e. The van der Waals surface area contributed by atoms with E-state index in [0.29, 0.717) is 22.7 Å². The summed E-state index contributed by atoms with van der Waals surface area (Å²) in [6.45, 7) is 0.375. The van der Waals surface area contributed by atoms with Gasteiger partial charge in [-0.1, -0.05) is 0 Å². The smallest absolute Gasteiger partial charge is 0.271 e. The van der Waals surface area contributed by atoms with Crippen molar-refractivity contribution in [1.82, 2.24) is 10.3 Å². The van der Waals surface area contributed by atoms with E-state index < -0.39 is 0 Å². The van der Waals surface area contributed by atoms with Gasteiger partial charge in [0.05, 0.1) is 12.6 Å². The van der Waals surface area contributed by atoms with Gasteiger partial charge >= 0.3 is 0 Å². The van der Waals surface area contributed by atoms with Gasteiger partial charge in [0, 0.05) is 23.7 Å². The molecule has 4 nitrogen and oxygen atoms in total. The number of halogens is 2. The van der Waals surface area contributed by atoms with Crippen LogP contribution in [-0.4, -0.2) is 36.5 Å². The first-order valence-corrected chi connectivity index (χ1v) is 5.98. The summed E-state index contributed by atoms with van der Waals surface area (Å²) in [6.07, 6.45) is 1.56. The Morgan fingerprint density at radius 2 is 2.50 bits per heavy atom. The van der Waals surface area contributed by atoms with Gasteiger partial charge in [0.1, 0.15) is 5.69 Å². The van der Waals surface area contributed by atoms with Crippen molar-refractivity contribution in [2.75, 3.05) is 19.6 Å². The summed E-state index contributed by atoms with van der Waals surface area (Å²) < 4.78 is 5.58. The van der Waals surface area contributed by atoms with Gasteiger partial charge in [-0.25, -0.2) is 4.98 Å². The van der Waals surface area contributed by atoms with Crippen molar-refractivity contribution in [1.29, 1.82) is 0 Å². The molecule has 0 aliphatic rings. The number of hydrogen-bond acceptors (Lipinski definition) is 3. The standard InChI is InChI=1S/C10H12BrClN2O2/c1-16-6-7(5-12)14-10(15)9-8(11)3-2-4-13-9/h2-4,7H,5-6H2,1H3,(H,14,15). The van der Waals surface area contributed by atoms with Crippen molar-refractivity contribution in [2.45, 2.75) is 6.04 Å². The number of nitrogens with one attached hydrogen (secondary N) is 1. The maximum atomic E-state index is 11.8. The van der Waals surface area contributed by atoms with Gasteiger partial charge in [-0.15, -0.1) is 11.6 Å². The second kappa shape index (κ2) is 6.83. The number of pyridine rings is 1. The van der Waals surface area contributed by atoms with Gasteiger partial charge in [0.15, 0.2) is 0 Å². The van der Waals surface area contributed by atoms with Crippen molar-refractivity contribution in [2.24, 2.45) is 0 Å². The van der Waals surface area contributed by atoms with Gasteiger partial charge < -0.3 is 10.1 Å². The molecule has 1 heterocycles. The number of amides is 1. The van der Waals surface area contributed by atoms with Crippen LogP contribution in [0.2, 0.25) is 0 Å². The van der Waals surface area contributed by atoms with E-state index in [2.05, 4.69) is 26.2 Å². The number of hydrogen-bond donors (Lipinski definition) is 1. The number of aromatic nitrogens is 1. The van der Waals surface area contributed by atoms with Crippen LogP contribution in [0, 0.1) is 0 Å². The average molecular weight is 308 g/mol. The molecule has 1 aromatic rings. The lowest BCUT2D eigenvalue weighted by molar-refractivity contribution is 0.0901. The predicted molar refractivity (Wildman–Crippen MR) is 65.8 cm³/mol. The van der Waals surface area contributed by atoms with E-state index in [1.807, 2.05) is 0 Å². The molecule has 1 atom stereocenters. The van der Waals surface area contributed by atoms with Crippen LogP contribution in [0.25, 0.3) is 0 Å². The molecule has 0 aromatic carbocycles. The van der Waals surface area contributed by atoms with E-state index in [0.717, 1.165) is 0 Å². The summed E-state index contributed by atoms with van der Waals surface area (Å²) in [7, 11) is 1.56. The fourth-order valence-electron chi connectivity index (χ4n) is 1.13. The maximum Gasteiger partial charge on any atom is 0.271 e. The zero-order chi connectivity index (χ0) is 12.0. The van der Waals surface area contributed by atoms with E-state index in [-0.39, 0.29) is 11.9 Å². The van der Waals surface area contributed by atoms with Crippen LogP contribution >= 0.6 is 27.5 Å². The van der Waals surface area contributed by atoms with Crippen LogP contribution in [0.1, 0.15) is 10.5 Å². The van der Waals surface area contributed by atoms with Crippen LogP contribution in [0.4, 0.5) is 0 Å². The van der Waals surface area contributed by atoms with Gasteiger partial charge in [-0.2, -0.15) is 0 Å². The van der Waals surface area contributed by atoms with Gasteiger partial charge in [0.2, 0.25) is 0 Å². The van der Waals surface area contributed by atoms with Crippen LogP contribution in [-0.2, 0) is 4.74 Å². The first-order chi connectivity index (χ1) is 7.69. The van der Waals surface area contributed by atoms with Crippen molar-refractivity contribution < 1.29 is 9.53 Å². The molecule has 0 saturated heterocycles. The van der Waals surface area contributed by atoms with Gasteiger partial charge in [-0.05, 0) is 28.1 Å². The molecule has 1 rings (SSSR count). The molecule has 88 valence electrons. The molecule has 0 radical (unpaired) electrons. The van der Waals surface area contributed by atoms with Gasteiger partial charge in [-0.3, -0.25) is 4.79 Å². The number of carbonyl (C=O) groups is 1. The minimum atomic E-state index is -0.268. The lowest BCUT2D eigenvalue weighted by Crippen LogP contribution is -2.39. The highest BCUT2D eigenvalue weighted by atomic mass is 79.9. The van der Waals surface area contributed by atoms with Crippen molar-refractivity contribution in [3.05, 3.63) is 28.5 Å². The van der Waals surface area contributed by atoms with E-state index in [1.54, 1.807) is 25.4 Å². The van der Waals surface area contributed by atoms with Gasteiger partial charge in [0.25, 0.3) is 5.91 Å². The molecular weight excluding hydrogens is 295 g/mol. The average Bonchev–Trinajstić information content (AvgIpc) is 2.28. The third-order valence-corrected chi connectivity index (χ3v) is 2.88. The fourth-order valence-corrected chi connectivity index (χ4v) is 1.73. The zero-order valence-corrected chi connectivity index (χ0v) is 11.1. The molecule has 1 unspecified atom stereocenters. The molecule has 1 N–H and O–H groups in total. The quantitative estimate of drug-likeness (QED) is 0.844. The summed E-state index contributed by atoms with van der Waals surface area (Å²) in [4.78, 5) is 15.8. The summed E-state index contributed by atoms with van der Waals surface area (Å²) in [6, 6.07) is 3.29. The summed E-state index contributed by atoms with van der Waals surface area (Å²) in [5.74, 6) is 0.0273. The second-order valence-electron chi connectivity index (χ2n) is 3.11. The normalized spacial score (nSPS) is 12.2. The Hall–Kier alpha value is -0.650. The fraction of sp³-hybridized carbons (Fsp3) is 0.400. The molecule has 1 aromatic heterocycles. The molecule has 0 aliphatic heterocycles. The second-order valence-corrected chi connectivity index (χ2v) is 4.28. The molecule has 0 bridgehead atoms. The third kappa shape index (κ3) is 3.73. The minimum absolute atomic E-state index is 0.215. The van der Waals surface area contributed by atoms with Crippen LogP contribution in [0.15, 0.2) is 22.8 Å². The maximum absolute atomic E-state index is 11.8. The summed E-state index contributed by atoms with van der Waals surface area (Å²) in [5, 5.41) is 2.74. The SMILES string of the molecule is COCC(CCl)NC(=O)c1ncccc1Br. The zero-order valence-electron chi connectivity index (χ0n) is 8.74. The van der Waals surface area contributed by atoms with Crippen molar-refractivity contribution in [3.63, 3.8) is 0 Å². The highest BCUT2D eigenvalue weighted by Gasteiger charge is 2.15. The van der Waals surface area contributed by atoms with Crippen LogP contribution < -0.4 is 5.32 Å². The molecule has 1 amide bonds. The molecular formula is C10H12BrClN2O2. The molecule has 0 saturated carbocycles. The number of nitrogens with zero attached hydrogens (tertiary/aromatic N) is 1. The first-order valence-electron chi connectivity index (χ1n) is 4.65. The summed E-state index contributed by atoms with van der Waals surface area (Å²) >= 11 is 8.95. The Morgan fingerprint density at radius 3 is 3.06 bits per heavy atom. The highest BCUT2D eigenvalue weighted by molar-refractivity contribution is 9.10. The Balaban J connectivity index is 2.68. The summed E-state index contributed by atoms with van der Waals surface area (Å²) in [5.41, 5.74) is 0.341. The van der Waals surface area contributed by atoms with Crippen LogP contribution in [0.5, 0.6) is 0 Å². The lowest BCUT2D eigenvalue weighted by atomic mass is 10.3. The molecule has 16 heavy (non-hydrogen) atoms. The predicted octanol–water partition coefficient (Wildman–Crippen LogP) is 1.83. The van der Waals surface area contributed by atoms with E-state index in [1.165, 1.54) is 0 Å². The number of carbonyl (C=O) groups excluding carboxylic acids is 1. The Kier molecular flexibility index (Phi) is 5.73. The monoisotopic (exact) mass is 306 g/mol. The first kappa shape index (κ1) is 13.4. The van der Waals surface area contributed by atoms with Crippen LogP contribution in [0.3, 0.4) is 0 Å². The molecule has 6 heteroatoms. The van der Waals surface area contributed by atoms with E-state index >= 15 is 0 Å². The largest absolute Gasteiger partial charge is 0.383 e. The Morgan fingerprint density at radius 1 is 1.75 bits per heavy atom. The number of rotatable bonds is 5. The van der Waals surface area contributed by atoms with E-state index in [4.69, 9.17) is 16.3 Å².